The minimum atomic E-state index is -0.782. The fourth-order valence-corrected chi connectivity index (χ4v) is 3.57. The Balaban J connectivity index is 1.51. The monoisotopic (exact) mass is 424 g/mol. The van der Waals surface area contributed by atoms with Crippen LogP contribution in [0, 0.1) is 5.92 Å². The molecule has 0 saturated heterocycles. The molecule has 0 bridgehead atoms. The predicted molar refractivity (Wildman–Crippen MR) is 117 cm³/mol. The van der Waals surface area contributed by atoms with Gasteiger partial charge in [-0.1, -0.05) is 31.4 Å². The number of benzene rings is 2. The van der Waals surface area contributed by atoms with Crippen molar-refractivity contribution in [3.8, 4) is 5.75 Å². The molecule has 0 aromatic heterocycles. The SMILES string of the molecule is CCOC(=O)Oc1ccc(C(=O)NCc2cccc(NC(=O)C3CCCCC3)c2)cc1. The highest BCUT2D eigenvalue weighted by molar-refractivity contribution is 5.94. The van der Waals surface area contributed by atoms with E-state index >= 15 is 0 Å². The molecule has 7 nitrogen and oxygen atoms in total. The summed E-state index contributed by atoms with van der Waals surface area (Å²) in [6.07, 6.45) is 4.55. The van der Waals surface area contributed by atoms with E-state index in [-0.39, 0.29) is 24.3 Å². The minimum absolute atomic E-state index is 0.0750. The number of rotatable bonds is 7. The third-order valence-electron chi connectivity index (χ3n) is 5.20. The Bertz CT molecular complexity index is 904. The van der Waals surface area contributed by atoms with E-state index in [4.69, 9.17) is 9.47 Å². The van der Waals surface area contributed by atoms with E-state index < -0.39 is 6.16 Å². The van der Waals surface area contributed by atoms with Crippen molar-refractivity contribution in [1.29, 1.82) is 0 Å². The smallest absolute Gasteiger partial charge is 0.434 e. The van der Waals surface area contributed by atoms with Crippen molar-refractivity contribution in [3.63, 3.8) is 0 Å². The van der Waals surface area contributed by atoms with Crippen LogP contribution in [0.15, 0.2) is 48.5 Å². The molecular weight excluding hydrogens is 396 g/mol. The van der Waals surface area contributed by atoms with Crippen LogP contribution in [-0.2, 0) is 16.1 Å². The zero-order chi connectivity index (χ0) is 22.1. The second kappa shape index (κ2) is 11.2. The van der Waals surface area contributed by atoms with Gasteiger partial charge in [-0.05, 0) is 61.7 Å². The van der Waals surface area contributed by atoms with E-state index in [0.29, 0.717) is 17.9 Å². The van der Waals surface area contributed by atoms with Crippen LogP contribution in [0.2, 0.25) is 0 Å². The fourth-order valence-electron chi connectivity index (χ4n) is 3.57. The number of nitrogens with one attached hydrogen (secondary N) is 2. The molecule has 2 aromatic rings. The third kappa shape index (κ3) is 6.84. The van der Waals surface area contributed by atoms with E-state index in [0.717, 1.165) is 36.9 Å². The zero-order valence-electron chi connectivity index (χ0n) is 17.7. The molecule has 2 N–H and O–H groups in total. The average molecular weight is 424 g/mol. The zero-order valence-corrected chi connectivity index (χ0v) is 17.7. The van der Waals surface area contributed by atoms with Crippen molar-refractivity contribution in [2.75, 3.05) is 11.9 Å². The van der Waals surface area contributed by atoms with Crippen LogP contribution in [0.3, 0.4) is 0 Å². The molecule has 164 valence electrons. The van der Waals surface area contributed by atoms with E-state index in [2.05, 4.69) is 10.6 Å². The summed E-state index contributed by atoms with van der Waals surface area (Å²) in [5.74, 6) is 0.217. The van der Waals surface area contributed by atoms with Gasteiger partial charge in [-0.2, -0.15) is 0 Å². The topological polar surface area (TPSA) is 93.7 Å². The van der Waals surface area contributed by atoms with Crippen LogP contribution in [0.25, 0.3) is 0 Å². The molecule has 7 heteroatoms. The van der Waals surface area contributed by atoms with Crippen molar-refractivity contribution in [2.45, 2.75) is 45.6 Å². The summed E-state index contributed by atoms with van der Waals surface area (Å²) in [6, 6.07) is 13.7. The highest BCUT2D eigenvalue weighted by Gasteiger charge is 2.21. The Kier molecular flexibility index (Phi) is 8.04. The summed E-state index contributed by atoms with van der Waals surface area (Å²) in [5.41, 5.74) is 2.07. The molecule has 1 fully saturated rings. The molecule has 0 spiro atoms. The predicted octanol–water partition coefficient (Wildman–Crippen LogP) is 4.67. The Labute approximate surface area is 182 Å². The minimum Gasteiger partial charge on any atom is -0.434 e. The summed E-state index contributed by atoms with van der Waals surface area (Å²) < 4.78 is 9.69. The van der Waals surface area contributed by atoms with E-state index in [1.54, 1.807) is 19.1 Å². The lowest BCUT2D eigenvalue weighted by Gasteiger charge is -2.20. The Morgan fingerprint density at radius 2 is 1.74 bits per heavy atom. The second-order valence-electron chi connectivity index (χ2n) is 7.52. The maximum absolute atomic E-state index is 12.4. The van der Waals surface area contributed by atoms with E-state index in [9.17, 15) is 14.4 Å². The first-order chi connectivity index (χ1) is 15.0. The average Bonchev–Trinajstić information content (AvgIpc) is 2.79. The molecule has 0 unspecified atom stereocenters. The number of carbonyl (C=O) groups excluding carboxylic acids is 3. The fraction of sp³-hybridized carbons (Fsp3) is 0.375. The van der Waals surface area contributed by atoms with Gasteiger partial charge in [-0.3, -0.25) is 9.59 Å². The van der Waals surface area contributed by atoms with Crippen molar-refractivity contribution in [3.05, 3.63) is 59.7 Å². The number of anilines is 1. The summed E-state index contributed by atoms with van der Waals surface area (Å²) in [4.78, 5) is 36.2. The van der Waals surface area contributed by atoms with Crippen molar-refractivity contribution in [2.24, 2.45) is 5.92 Å². The van der Waals surface area contributed by atoms with E-state index in [1.807, 2.05) is 24.3 Å². The third-order valence-corrected chi connectivity index (χ3v) is 5.20. The molecule has 3 rings (SSSR count). The van der Waals surface area contributed by atoms with Crippen LogP contribution in [0.4, 0.5) is 10.5 Å². The van der Waals surface area contributed by atoms with Gasteiger partial charge in [0.1, 0.15) is 5.75 Å². The van der Waals surface area contributed by atoms with Gasteiger partial charge in [0.2, 0.25) is 5.91 Å². The van der Waals surface area contributed by atoms with Crippen LogP contribution >= 0.6 is 0 Å². The first-order valence-corrected chi connectivity index (χ1v) is 10.7. The summed E-state index contributed by atoms with van der Waals surface area (Å²) in [5, 5.41) is 5.85. The van der Waals surface area contributed by atoms with Gasteiger partial charge in [-0.15, -0.1) is 0 Å². The Morgan fingerprint density at radius 1 is 1.00 bits per heavy atom. The van der Waals surface area contributed by atoms with Crippen LogP contribution in [0.5, 0.6) is 5.75 Å². The van der Waals surface area contributed by atoms with Gasteiger partial charge < -0.3 is 20.1 Å². The molecule has 0 atom stereocenters. The van der Waals surface area contributed by atoms with Gasteiger partial charge in [0.25, 0.3) is 5.91 Å². The van der Waals surface area contributed by atoms with Gasteiger partial charge in [-0.25, -0.2) is 4.79 Å². The lowest BCUT2D eigenvalue weighted by atomic mass is 9.88. The normalized spacial score (nSPS) is 13.8. The summed E-state index contributed by atoms with van der Waals surface area (Å²) >= 11 is 0. The maximum Gasteiger partial charge on any atom is 0.513 e. The highest BCUT2D eigenvalue weighted by atomic mass is 16.7. The van der Waals surface area contributed by atoms with Crippen molar-refractivity contribution >= 4 is 23.7 Å². The quantitative estimate of drug-likeness (QED) is 0.498. The summed E-state index contributed by atoms with van der Waals surface area (Å²) in [7, 11) is 0. The van der Waals surface area contributed by atoms with Gasteiger partial charge in [0, 0.05) is 23.7 Å². The molecule has 0 heterocycles. The molecule has 0 aliphatic heterocycles. The Hall–Kier alpha value is -3.35. The molecule has 1 saturated carbocycles. The van der Waals surface area contributed by atoms with Crippen LogP contribution in [-0.4, -0.2) is 24.6 Å². The molecule has 0 radical (unpaired) electrons. The number of amides is 2. The number of ether oxygens (including phenoxy) is 2. The maximum atomic E-state index is 12.4. The summed E-state index contributed by atoms with van der Waals surface area (Å²) in [6.45, 7) is 2.24. The number of carbonyl (C=O) groups is 3. The first-order valence-electron chi connectivity index (χ1n) is 10.7. The highest BCUT2D eigenvalue weighted by Crippen LogP contribution is 2.25. The molecule has 1 aliphatic carbocycles. The van der Waals surface area contributed by atoms with Crippen molar-refractivity contribution in [1.82, 2.24) is 5.32 Å². The first kappa shape index (κ1) is 22.3. The second-order valence-corrected chi connectivity index (χ2v) is 7.52. The van der Waals surface area contributed by atoms with Gasteiger partial charge >= 0.3 is 6.16 Å². The Morgan fingerprint density at radius 3 is 2.45 bits per heavy atom. The van der Waals surface area contributed by atoms with Crippen LogP contribution in [0.1, 0.15) is 54.9 Å². The van der Waals surface area contributed by atoms with Crippen LogP contribution < -0.4 is 15.4 Å². The van der Waals surface area contributed by atoms with Crippen molar-refractivity contribution < 1.29 is 23.9 Å². The number of hydrogen-bond donors (Lipinski definition) is 2. The lowest BCUT2D eigenvalue weighted by Crippen LogP contribution is -2.25. The lowest BCUT2D eigenvalue weighted by molar-refractivity contribution is -0.120. The molecular formula is C24H28N2O5. The number of hydrogen-bond acceptors (Lipinski definition) is 5. The standard InChI is InChI=1S/C24H28N2O5/c1-2-30-24(29)31-21-13-11-19(12-14-21)22(27)25-16-17-7-6-10-20(15-17)26-23(28)18-8-4-3-5-9-18/h6-7,10-15,18H,2-5,8-9,16H2,1H3,(H,25,27)(H,26,28). The van der Waals surface area contributed by atoms with E-state index in [1.165, 1.54) is 18.6 Å². The van der Waals surface area contributed by atoms with Gasteiger partial charge in [0.15, 0.2) is 0 Å². The molecule has 1 aliphatic rings. The molecule has 2 aromatic carbocycles. The molecule has 2 amide bonds. The largest absolute Gasteiger partial charge is 0.513 e. The van der Waals surface area contributed by atoms with Gasteiger partial charge in [0.05, 0.1) is 6.61 Å². The molecule has 31 heavy (non-hydrogen) atoms.